The van der Waals surface area contributed by atoms with Crippen LogP contribution in [-0.2, 0) is 11.2 Å². The first-order valence-electron chi connectivity index (χ1n) is 7.61. The molecule has 4 nitrogen and oxygen atoms in total. The van der Waals surface area contributed by atoms with E-state index in [2.05, 4.69) is 28.9 Å². The number of rotatable bonds is 4. The molecule has 118 valence electrons. The molecule has 2 unspecified atom stereocenters. The van der Waals surface area contributed by atoms with Gasteiger partial charge in [-0.3, -0.25) is 0 Å². The van der Waals surface area contributed by atoms with Crippen LogP contribution in [-0.4, -0.2) is 35.5 Å². The average Bonchev–Trinajstić information content (AvgIpc) is 2.97. The minimum Gasteiger partial charge on any atom is -0.372 e. The molecule has 0 aliphatic carbocycles. The fraction of sp³-hybridized carbons (Fsp3) is 0.500. The average molecular weight is 321 g/mol. The van der Waals surface area contributed by atoms with E-state index in [1.54, 1.807) is 23.5 Å². The second-order valence-corrected chi connectivity index (χ2v) is 6.70. The lowest BCUT2D eigenvalue weighted by atomic mass is 10.2. The van der Waals surface area contributed by atoms with E-state index in [1.165, 1.54) is 12.1 Å². The molecule has 0 N–H and O–H groups in total. The van der Waals surface area contributed by atoms with Gasteiger partial charge in [0.1, 0.15) is 10.8 Å². The quantitative estimate of drug-likeness (QED) is 0.866. The monoisotopic (exact) mass is 321 g/mol. The van der Waals surface area contributed by atoms with Crippen molar-refractivity contribution in [3.8, 4) is 0 Å². The SMILES string of the molecule is CCC1CN(c2nnc(Cc3ccc(F)cc3)s2)CC(C)O1. The van der Waals surface area contributed by atoms with Crippen LogP contribution >= 0.6 is 11.3 Å². The molecule has 1 aromatic heterocycles. The standard InChI is InChI=1S/C16H20FN3OS/c1-3-14-10-20(9-11(2)21-14)16-19-18-15(22-16)8-12-4-6-13(17)7-5-12/h4-7,11,14H,3,8-10H2,1-2H3. The summed E-state index contributed by atoms with van der Waals surface area (Å²) in [5, 5.41) is 10.5. The number of hydrogen-bond donors (Lipinski definition) is 0. The number of benzene rings is 1. The third-order valence-corrected chi connectivity index (χ3v) is 4.76. The summed E-state index contributed by atoms with van der Waals surface area (Å²) in [6, 6.07) is 6.54. The second-order valence-electron chi connectivity index (χ2n) is 5.66. The molecule has 0 radical (unpaired) electrons. The maximum Gasteiger partial charge on any atom is 0.208 e. The Hall–Kier alpha value is -1.53. The van der Waals surface area contributed by atoms with E-state index in [1.807, 2.05) is 0 Å². The first kappa shape index (κ1) is 15.4. The molecule has 3 rings (SSSR count). The summed E-state index contributed by atoms with van der Waals surface area (Å²) in [6.45, 7) is 5.95. The summed E-state index contributed by atoms with van der Waals surface area (Å²) >= 11 is 1.61. The van der Waals surface area contributed by atoms with Gasteiger partial charge < -0.3 is 9.64 Å². The number of hydrogen-bond acceptors (Lipinski definition) is 5. The number of aromatic nitrogens is 2. The molecular weight excluding hydrogens is 301 g/mol. The highest BCUT2D eigenvalue weighted by atomic mass is 32.1. The number of ether oxygens (including phenoxy) is 1. The summed E-state index contributed by atoms with van der Waals surface area (Å²) in [5.74, 6) is -0.213. The molecule has 6 heteroatoms. The molecule has 1 aromatic carbocycles. The molecule has 0 spiro atoms. The van der Waals surface area contributed by atoms with Crippen LogP contribution in [0.15, 0.2) is 24.3 Å². The van der Waals surface area contributed by atoms with E-state index in [9.17, 15) is 4.39 Å². The molecule has 0 saturated carbocycles. The molecule has 1 aliphatic rings. The molecule has 0 bridgehead atoms. The Morgan fingerprint density at radius 1 is 1.27 bits per heavy atom. The topological polar surface area (TPSA) is 38.2 Å². The van der Waals surface area contributed by atoms with Crippen LogP contribution in [0.3, 0.4) is 0 Å². The predicted molar refractivity (Wildman–Crippen MR) is 86.0 cm³/mol. The molecule has 0 amide bonds. The Kier molecular flexibility index (Phi) is 4.69. The molecule has 1 saturated heterocycles. The van der Waals surface area contributed by atoms with E-state index in [0.29, 0.717) is 6.42 Å². The van der Waals surface area contributed by atoms with Crippen molar-refractivity contribution in [3.05, 3.63) is 40.7 Å². The van der Waals surface area contributed by atoms with E-state index < -0.39 is 0 Å². The number of anilines is 1. The molecule has 1 aliphatic heterocycles. The summed E-state index contributed by atoms with van der Waals surface area (Å²) in [7, 11) is 0. The van der Waals surface area contributed by atoms with Gasteiger partial charge in [-0.05, 0) is 31.0 Å². The summed E-state index contributed by atoms with van der Waals surface area (Å²) in [5.41, 5.74) is 1.05. The van der Waals surface area contributed by atoms with Crippen LogP contribution in [0.25, 0.3) is 0 Å². The van der Waals surface area contributed by atoms with Crippen LogP contribution in [0.5, 0.6) is 0 Å². The third-order valence-electron chi connectivity index (χ3n) is 3.78. The normalized spacial score (nSPS) is 22.0. The molecule has 22 heavy (non-hydrogen) atoms. The lowest BCUT2D eigenvalue weighted by Crippen LogP contribution is -2.46. The number of halogens is 1. The van der Waals surface area contributed by atoms with Crippen molar-refractivity contribution in [2.24, 2.45) is 0 Å². The molecule has 2 atom stereocenters. The highest BCUT2D eigenvalue weighted by molar-refractivity contribution is 7.15. The van der Waals surface area contributed by atoms with Gasteiger partial charge in [0, 0.05) is 19.5 Å². The van der Waals surface area contributed by atoms with Crippen molar-refractivity contribution in [1.82, 2.24) is 10.2 Å². The van der Waals surface area contributed by atoms with Crippen LogP contribution < -0.4 is 4.90 Å². The van der Waals surface area contributed by atoms with Gasteiger partial charge in [0.25, 0.3) is 0 Å². The van der Waals surface area contributed by atoms with Crippen molar-refractivity contribution in [2.45, 2.75) is 38.9 Å². The Morgan fingerprint density at radius 2 is 2.05 bits per heavy atom. The van der Waals surface area contributed by atoms with Crippen LogP contribution in [0.4, 0.5) is 9.52 Å². The maximum atomic E-state index is 12.9. The summed E-state index contributed by atoms with van der Waals surface area (Å²) in [6.07, 6.45) is 2.16. The first-order valence-corrected chi connectivity index (χ1v) is 8.43. The van der Waals surface area contributed by atoms with Gasteiger partial charge in [0.2, 0.25) is 5.13 Å². The summed E-state index contributed by atoms with van der Waals surface area (Å²) in [4.78, 5) is 2.26. The lowest BCUT2D eigenvalue weighted by molar-refractivity contribution is -0.0172. The Labute approximate surface area is 133 Å². The van der Waals surface area contributed by atoms with Crippen molar-refractivity contribution in [2.75, 3.05) is 18.0 Å². The predicted octanol–water partition coefficient (Wildman–Crippen LogP) is 3.27. The highest BCUT2D eigenvalue weighted by Crippen LogP contribution is 2.26. The third kappa shape index (κ3) is 3.62. The minimum absolute atomic E-state index is 0.211. The van der Waals surface area contributed by atoms with Gasteiger partial charge in [-0.25, -0.2) is 4.39 Å². The van der Waals surface area contributed by atoms with Gasteiger partial charge in [0.15, 0.2) is 0 Å². The Bertz CT molecular complexity index is 616. The minimum atomic E-state index is -0.213. The Balaban J connectivity index is 1.69. The van der Waals surface area contributed by atoms with Gasteiger partial charge in [-0.2, -0.15) is 0 Å². The lowest BCUT2D eigenvalue weighted by Gasteiger charge is -2.36. The zero-order valence-electron chi connectivity index (χ0n) is 12.8. The van der Waals surface area contributed by atoms with Gasteiger partial charge in [-0.15, -0.1) is 10.2 Å². The smallest absolute Gasteiger partial charge is 0.208 e. The van der Waals surface area contributed by atoms with Crippen molar-refractivity contribution in [3.63, 3.8) is 0 Å². The van der Waals surface area contributed by atoms with Crippen LogP contribution in [0, 0.1) is 5.82 Å². The van der Waals surface area contributed by atoms with Crippen LogP contribution in [0.2, 0.25) is 0 Å². The van der Waals surface area contributed by atoms with E-state index in [-0.39, 0.29) is 18.0 Å². The van der Waals surface area contributed by atoms with E-state index in [0.717, 1.165) is 35.2 Å². The van der Waals surface area contributed by atoms with Crippen molar-refractivity contribution in [1.29, 1.82) is 0 Å². The zero-order chi connectivity index (χ0) is 15.5. The van der Waals surface area contributed by atoms with E-state index in [4.69, 9.17) is 4.74 Å². The zero-order valence-corrected chi connectivity index (χ0v) is 13.6. The largest absolute Gasteiger partial charge is 0.372 e. The fourth-order valence-electron chi connectivity index (χ4n) is 2.65. The number of morpholine rings is 1. The number of nitrogens with zero attached hydrogens (tertiary/aromatic N) is 3. The molecule has 1 fully saturated rings. The summed E-state index contributed by atoms with van der Waals surface area (Å²) < 4.78 is 18.8. The van der Waals surface area contributed by atoms with Crippen molar-refractivity contribution < 1.29 is 9.13 Å². The molecular formula is C16H20FN3OS. The van der Waals surface area contributed by atoms with Crippen molar-refractivity contribution >= 4 is 16.5 Å². The fourth-order valence-corrected chi connectivity index (χ4v) is 3.54. The second kappa shape index (κ2) is 6.71. The first-order chi connectivity index (χ1) is 10.6. The Morgan fingerprint density at radius 3 is 2.77 bits per heavy atom. The molecule has 2 aromatic rings. The van der Waals surface area contributed by atoms with E-state index >= 15 is 0 Å². The highest BCUT2D eigenvalue weighted by Gasteiger charge is 2.26. The van der Waals surface area contributed by atoms with Gasteiger partial charge in [0.05, 0.1) is 12.2 Å². The molecule has 2 heterocycles. The van der Waals surface area contributed by atoms with Gasteiger partial charge in [-0.1, -0.05) is 30.4 Å². The van der Waals surface area contributed by atoms with Gasteiger partial charge >= 0.3 is 0 Å². The maximum absolute atomic E-state index is 12.9. The van der Waals surface area contributed by atoms with Crippen LogP contribution in [0.1, 0.15) is 30.8 Å².